The number of esters is 1. The van der Waals surface area contributed by atoms with Gasteiger partial charge in [0.05, 0.1) is 0 Å². The maximum absolute atomic E-state index is 11.8. The quantitative estimate of drug-likeness (QED) is 0.165. The molecule has 0 spiro atoms. The smallest absolute Gasteiger partial charge is 0.305 e. The molecule has 180 valence electrons. The highest BCUT2D eigenvalue weighted by molar-refractivity contribution is 5.69. The van der Waals surface area contributed by atoms with Gasteiger partial charge in [-0.2, -0.15) is 0 Å². The van der Waals surface area contributed by atoms with Crippen LogP contribution in [-0.4, -0.2) is 63.7 Å². The largest absolute Gasteiger partial charge is 0.463 e. The second kappa shape index (κ2) is 17.3. The zero-order valence-corrected chi connectivity index (χ0v) is 18.9. The topological polar surface area (TPSA) is 116 Å². The van der Waals surface area contributed by atoms with Crippen molar-refractivity contribution in [3.63, 3.8) is 0 Å². The summed E-state index contributed by atoms with van der Waals surface area (Å²) in [4.78, 5) is 11.8. The standard InChI is InChI=1S/C24H42O7/c1-2-3-4-5-6-7-8-9-10-11-12-13-14-15-16-17-20(25)30-18-19-21(26)22(27)23(28)24(29)31-19/h6-7,10-11,19,21-24,26-29H,2-5,8-9,12-18H2,1H3. The molecule has 1 fully saturated rings. The molecule has 0 saturated carbocycles. The lowest BCUT2D eigenvalue weighted by atomic mass is 9.99. The van der Waals surface area contributed by atoms with Crippen molar-refractivity contribution in [2.75, 3.05) is 6.61 Å². The van der Waals surface area contributed by atoms with Crippen LogP contribution in [-0.2, 0) is 14.3 Å². The third-order valence-corrected chi connectivity index (χ3v) is 5.41. The molecule has 7 heteroatoms. The zero-order chi connectivity index (χ0) is 22.9. The molecule has 1 heterocycles. The van der Waals surface area contributed by atoms with E-state index in [1.807, 2.05) is 0 Å². The predicted molar refractivity (Wildman–Crippen MR) is 119 cm³/mol. The molecule has 1 aliphatic rings. The average Bonchev–Trinajstić information content (AvgIpc) is 2.76. The number of hydrogen-bond donors (Lipinski definition) is 4. The number of rotatable bonds is 16. The first-order valence-corrected chi connectivity index (χ1v) is 11.8. The van der Waals surface area contributed by atoms with Gasteiger partial charge < -0.3 is 29.9 Å². The molecule has 1 aliphatic heterocycles. The van der Waals surface area contributed by atoms with Crippen molar-refractivity contribution in [2.45, 2.75) is 115 Å². The summed E-state index contributed by atoms with van der Waals surface area (Å²) in [6, 6.07) is 0. The van der Waals surface area contributed by atoms with Crippen molar-refractivity contribution in [1.82, 2.24) is 0 Å². The Kier molecular flexibility index (Phi) is 15.5. The van der Waals surface area contributed by atoms with Crippen molar-refractivity contribution in [3.8, 4) is 0 Å². The van der Waals surface area contributed by atoms with Crippen molar-refractivity contribution in [1.29, 1.82) is 0 Å². The van der Waals surface area contributed by atoms with Crippen LogP contribution in [0.2, 0.25) is 0 Å². The fourth-order valence-electron chi connectivity index (χ4n) is 3.38. The molecular formula is C24H42O7. The summed E-state index contributed by atoms with van der Waals surface area (Å²) < 4.78 is 10.0. The monoisotopic (exact) mass is 442 g/mol. The van der Waals surface area contributed by atoms with Crippen LogP contribution in [0.5, 0.6) is 0 Å². The Morgan fingerprint density at radius 1 is 0.774 bits per heavy atom. The van der Waals surface area contributed by atoms with Gasteiger partial charge in [-0.25, -0.2) is 0 Å². The lowest BCUT2D eigenvalue weighted by molar-refractivity contribution is -0.287. The third-order valence-electron chi connectivity index (χ3n) is 5.41. The van der Waals surface area contributed by atoms with E-state index >= 15 is 0 Å². The minimum Gasteiger partial charge on any atom is -0.463 e. The van der Waals surface area contributed by atoms with Gasteiger partial charge in [0.15, 0.2) is 6.29 Å². The van der Waals surface area contributed by atoms with Crippen LogP contribution in [0.15, 0.2) is 24.3 Å². The summed E-state index contributed by atoms with van der Waals surface area (Å²) in [5.41, 5.74) is 0. The van der Waals surface area contributed by atoms with Gasteiger partial charge >= 0.3 is 5.97 Å². The Bertz CT molecular complexity index is 520. The highest BCUT2D eigenvalue weighted by Gasteiger charge is 2.43. The summed E-state index contributed by atoms with van der Waals surface area (Å²) in [6.07, 6.45) is 14.2. The van der Waals surface area contributed by atoms with Crippen LogP contribution < -0.4 is 0 Å². The average molecular weight is 443 g/mol. The Labute approximate surface area is 186 Å². The van der Waals surface area contributed by atoms with Crippen molar-refractivity contribution >= 4 is 5.97 Å². The molecule has 4 N–H and O–H groups in total. The number of aliphatic hydroxyl groups is 4. The van der Waals surface area contributed by atoms with Crippen LogP contribution in [0.25, 0.3) is 0 Å². The zero-order valence-electron chi connectivity index (χ0n) is 18.9. The van der Waals surface area contributed by atoms with Crippen LogP contribution in [0.4, 0.5) is 0 Å². The minimum absolute atomic E-state index is 0.275. The first kappa shape index (κ1) is 27.8. The Hall–Kier alpha value is -1.25. The van der Waals surface area contributed by atoms with Crippen LogP contribution in [0.1, 0.15) is 84.0 Å². The number of hydrogen-bond acceptors (Lipinski definition) is 7. The second-order valence-corrected chi connectivity index (χ2v) is 8.19. The van der Waals surface area contributed by atoms with E-state index in [4.69, 9.17) is 9.47 Å². The van der Waals surface area contributed by atoms with Gasteiger partial charge in [-0.15, -0.1) is 0 Å². The van der Waals surface area contributed by atoms with E-state index < -0.39 is 36.7 Å². The van der Waals surface area contributed by atoms with Crippen LogP contribution in [0.3, 0.4) is 0 Å². The summed E-state index contributed by atoms with van der Waals surface area (Å²) in [5.74, 6) is -0.409. The molecule has 1 saturated heterocycles. The number of ether oxygens (including phenoxy) is 2. The van der Waals surface area contributed by atoms with E-state index in [-0.39, 0.29) is 13.0 Å². The molecule has 1 rings (SSSR count). The molecule has 0 aromatic heterocycles. The first-order valence-electron chi connectivity index (χ1n) is 11.8. The molecule has 0 aromatic carbocycles. The van der Waals surface area contributed by atoms with E-state index in [0.717, 1.165) is 44.9 Å². The lowest BCUT2D eigenvalue weighted by Crippen LogP contribution is -2.58. The van der Waals surface area contributed by atoms with Gasteiger partial charge in [0.2, 0.25) is 0 Å². The van der Waals surface area contributed by atoms with Gasteiger partial charge in [-0.3, -0.25) is 4.79 Å². The van der Waals surface area contributed by atoms with E-state index in [9.17, 15) is 25.2 Å². The predicted octanol–water partition coefficient (Wildman–Crippen LogP) is 3.14. The van der Waals surface area contributed by atoms with Crippen molar-refractivity contribution < 1.29 is 34.7 Å². The maximum Gasteiger partial charge on any atom is 0.305 e. The van der Waals surface area contributed by atoms with E-state index in [1.165, 1.54) is 25.7 Å². The number of carbonyl (C=O) groups is 1. The Morgan fingerprint density at radius 3 is 2.00 bits per heavy atom. The molecule has 5 atom stereocenters. The van der Waals surface area contributed by atoms with Crippen LogP contribution >= 0.6 is 0 Å². The molecule has 5 unspecified atom stereocenters. The third kappa shape index (κ3) is 12.4. The summed E-state index contributed by atoms with van der Waals surface area (Å²) in [5, 5.41) is 38.3. The highest BCUT2D eigenvalue weighted by atomic mass is 16.6. The van der Waals surface area contributed by atoms with Crippen molar-refractivity contribution in [2.24, 2.45) is 0 Å². The SMILES string of the molecule is CCCCCC=CCCC=CCCCCCCC(=O)OCC1OC(O)C(O)C(O)C1O. The van der Waals surface area contributed by atoms with Gasteiger partial charge in [0.1, 0.15) is 31.0 Å². The van der Waals surface area contributed by atoms with Gasteiger partial charge in [0, 0.05) is 6.42 Å². The van der Waals surface area contributed by atoms with E-state index in [0.29, 0.717) is 0 Å². The molecule has 0 bridgehead atoms. The Morgan fingerprint density at radius 2 is 1.35 bits per heavy atom. The fraction of sp³-hybridized carbons (Fsp3) is 0.792. The molecule has 31 heavy (non-hydrogen) atoms. The molecular weight excluding hydrogens is 400 g/mol. The van der Waals surface area contributed by atoms with Gasteiger partial charge in [-0.05, 0) is 44.9 Å². The normalized spacial score (nSPS) is 26.7. The van der Waals surface area contributed by atoms with Crippen molar-refractivity contribution in [3.05, 3.63) is 24.3 Å². The number of unbranched alkanes of at least 4 members (excludes halogenated alkanes) is 8. The van der Waals surface area contributed by atoms with E-state index in [2.05, 4.69) is 31.2 Å². The molecule has 0 amide bonds. The Balaban J connectivity index is 1.97. The van der Waals surface area contributed by atoms with Gasteiger partial charge in [-0.1, -0.05) is 56.9 Å². The minimum atomic E-state index is -1.62. The summed E-state index contributed by atoms with van der Waals surface area (Å²) in [6.45, 7) is 1.94. The second-order valence-electron chi connectivity index (χ2n) is 8.19. The highest BCUT2D eigenvalue weighted by Crippen LogP contribution is 2.20. The lowest BCUT2D eigenvalue weighted by Gasteiger charge is -2.37. The number of aliphatic hydroxyl groups excluding tert-OH is 4. The molecule has 7 nitrogen and oxygen atoms in total. The fourth-order valence-corrected chi connectivity index (χ4v) is 3.38. The molecule has 0 radical (unpaired) electrons. The van der Waals surface area contributed by atoms with Gasteiger partial charge in [0.25, 0.3) is 0 Å². The molecule has 0 aromatic rings. The number of carbonyl (C=O) groups excluding carboxylic acids is 1. The summed E-state index contributed by atoms with van der Waals surface area (Å²) in [7, 11) is 0. The molecule has 0 aliphatic carbocycles. The summed E-state index contributed by atoms with van der Waals surface area (Å²) >= 11 is 0. The maximum atomic E-state index is 11.8. The first-order chi connectivity index (χ1) is 15.0. The van der Waals surface area contributed by atoms with E-state index in [1.54, 1.807) is 0 Å². The number of allylic oxidation sites excluding steroid dienone is 4. The van der Waals surface area contributed by atoms with Crippen LogP contribution in [0, 0.1) is 0 Å².